The summed E-state index contributed by atoms with van der Waals surface area (Å²) in [5, 5.41) is 4.35. The minimum atomic E-state index is -0.118. The van der Waals surface area contributed by atoms with Crippen molar-refractivity contribution in [1.29, 1.82) is 0 Å². The van der Waals surface area contributed by atoms with Crippen molar-refractivity contribution in [2.75, 3.05) is 73.1 Å². The Hall–Kier alpha value is -3.99. The molecule has 258 valence electrons. The van der Waals surface area contributed by atoms with Crippen LogP contribution in [0.2, 0.25) is 5.02 Å². The maximum Gasteiger partial charge on any atom is 0.253 e. The van der Waals surface area contributed by atoms with Gasteiger partial charge in [-0.05, 0) is 80.6 Å². The first kappa shape index (κ1) is 35.3. The Morgan fingerprint density at radius 3 is 2.42 bits per heavy atom. The number of carbonyl (C=O) groups is 1. The van der Waals surface area contributed by atoms with Gasteiger partial charge in [-0.2, -0.15) is 0 Å². The standard InChI is InChI=1S/C37H48ClN5O5/c1-6-48-21-17-26-8-7-9-31-34(26)41-37(40-31)39-30-15-19-43(20-16-30)18-14-27(25-10-12-29(38)13-11-25)24-42(2)36(44)28-22-32(45-3)35(47-5)33(23-28)46-4/h7-13,22-23,27,30H,6,14-21,24H2,1-5H3,(H2,39,40,41). The third-order valence-corrected chi connectivity index (χ3v) is 9.38. The van der Waals surface area contributed by atoms with Crippen LogP contribution in [-0.4, -0.2) is 99.5 Å². The van der Waals surface area contributed by atoms with Crippen LogP contribution in [0.5, 0.6) is 17.2 Å². The molecule has 48 heavy (non-hydrogen) atoms. The van der Waals surface area contributed by atoms with Crippen LogP contribution in [0.15, 0.2) is 54.6 Å². The molecular weight excluding hydrogens is 630 g/mol. The predicted octanol–water partition coefficient (Wildman–Crippen LogP) is 6.64. The van der Waals surface area contributed by atoms with Gasteiger partial charge in [0.2, 0.25) is 11.7 Å². The van der Waals surface area contributed by atoms with Gasteiger partial charge in [0.05, 0.1) is 39.0 Å². The third-order valence-electron chi connectivity index (χ3n) is 9.13. The lowest BCUT2D eigenvalue weighted by atomic mass is 9.94. The summed E-state index contributed by atoms with van der Waals surface area (Å²) in [6, 6.07) is 18.0. The molecule has 1 aromatic heterocycles. The van der Waals surface area contributed by atoms with E-state index >= 15 is 0 Å². The summed E-state index contributed by atoms with van der Waals surface area (Å²) in [6.07, 6.45) is 3.80. The Morgan fingerprint density at radius 1 is 1.06 bits per heavy atom. The van der Waals surface area contributed by atoms with Crippen LogP contribution < -0.4 is 19.5 Å². The van der Waals surface area contributed by atoms with Crippen LogP contribution in [0.25, 0.3) is 11.0 Å². The van der Waals surface area contributed by atoms with Crippen molar-refractivity contribution in [1.82, 2.24) is 19.8 Å². The first-order chi connectivity index (χ1) is 23.3. The summed E-state index contributed by atoms with van der Waals surface area (Å²) >= 11 is 6.24. The number of para-hydroxylation sites is 1. The van der Waals surface area contributed by atoms with Gasteiger partial charge in [-0.1, -0.05) is 35.9 Å². The lowest BCUT2D eigenvalue weighted by molar-refractivity contribution is 0.0781. The second-order valence-corrected chi connectivity index (χ2v) is 12.7. The zero-order chi connectivity index (χ0) is 34.0. The molecule has 10 nitrogen and oxygen atoms in total. The highest BCUT2D eigenvalue weighted by Gasteiger charge is 2.25. The zero-order valence-electron chi connectivity index (χ0n) is 28.7. The summed E-state index contributed by atoms with van der Waals surface area (Å²) in [4.78, 5) is 26.3. The number of hydrogen-bond donors (Lipinski definition) is 2. The largest absolute Gasteiger partial charge is 0.493 e. The number of likely N-dealkylation sites (N-methyl/N-ethyl adjacent to an activating group) is 1. The molecule has 0 spiro atoms. The van der Waals surface area contributed by atoms with Gasteiger partial charge in [0, 0.05) is 55.8 Å². The summed E-state index contributed by atoms with van der Waals surface area (Å²) in [5.41, 5.74) is 4.89. The average molecular weight is 678 g/mol. The number of nitrogens with one attached hydrogen (secondary N) is 2. The second-order valence-electron chi connectivity index (χ2n) is 12.2. The number of methoxy groups -OCH3 is 3. The van der Waals surface area contributed by atoms with Gasteiger partial charge in [-0.15, -0.1) is 0 Å². The molecule has 2 N–H and O–H groups in total. The first-order valence-corrected chi connectivity index (χ1v) is 17.1. The predicted molar refractivity (Wildman–Crippen MR) is 191 cm³/mol. The molecule has 0 radical (unpaired) electrons. The van der Waals surface area contributed by atoms with Crippen molar-refractivity contribution in [3.05, 3.63) is 76.3 Å². The quantitative estimate of drug-likeness (QED) is 0.127. The number of likely N-dealkylation sites (tertiary alicyclic amines) is 1. The molecule has 11 heteroatoms. The Kier molecular flexibility index (Phi) is 12.4. The van der Waals surface area contributed by atoms with Gasteiger partial charge in [0.1, 0.15) is 0 Å². The Labute approximate surface area is 288 Å². The van der Waals surface area contributed by atoms with Gasteiger partial charge >= 0.3 is 0 Å². The molecule has 2 heterocycles. The number of aromatic nitrogens is 2. The highest BCUT2D eigenvalue weighted by Crippen LogP contribution is 2.38. The number of fused-ring (bicyclic) bond motifs is 1. The van der Waals surface area contributed by atoms with Crippen molar-refractivity contribution in [2.45, 2.75) is 44.6 Å². The number of halogens is 1. The van der Waals surface area contributed by atoms with Gasteiger partial charge in [-0.25, -0.2) is 4.98 Å². The highest BCUT2D eigenvalue weighted by atomic mass is 35.5. The Balaban J connectivity index is 1.19. The number of nitrogens with zero attached hydrogens (tertiary/aromatic N) is 3. The van der Waals surface area contributed by atoms with E-state index in [0.29, 0.717) is 47.0 Å². The van der Waals surface area contributed by atoms with Gasteiger partial charge in [0.25, 0.3) is 5.91 Å². The summed E-state index contributed by atoms with van der Waals surface area (Å²) < 4.78 is 22.0. The number of benzene rings is 3. The molecule has 1 atom stereocenters. The molecule has 0 bridgehead atoms. The average Bonchev–Trinajstić information content (AvgIpc) is 3.53. The van der Waals surface area contributed by atoms with E-state index in [1.54, 1.807) is 38.4 Å². The third kappa shape index (κ3) is 8.72. The van der Waals surface area contributed by atoms with E-state index < -0.39 is 0 Å². The summed E-state index contributed by atoms with van der Waals surface area (Å²) in [5.74, 6) is 2.19. The number of imidazole rings is 1. The van der Waals surface area contributed by atoms with Crippen LogP contribution in [0.3, 0.4) is 0 Å². The van der Waals surface area contributed by atoms with Crippen LogP contribution in [-0.2, 0) is 11.2 Å². The number of amides is 1. The number of rotatable bonds is 16. The number of ether oxygens (including phenoxy) is 4. The van der Waals surface area contributed by atoms with E-state index in [0.717, 1.165) is 74.5 Å². The van der Waals surface area contributed by atoms with E-state index in [9.17, 15) is 4.79 Å². The number of piperidine rings is 1. The molecule has 1 aliphatic heterocycles. The highest BCUT2D eigenvalue weighted by molar-refractivity contribution is 6.30. The maximum atomic E-state index is 13.7. The van der Waals surface area contributed by atoms with Crippen molar-refractivity contribution < 1.29 is 23.7 Å². The number of aromatic amines is 1. The lowest BCUT2D eigenvalue weighted by Crippen LogP contribution is -2.40. The number of H-pyrrole nitrogens is 1. The minimum absolute atomic E-state index is 0.118. The fourth-order valence-electron chi connectivity index (χ4n) is 6.46. The van der Waals surface area contributed by atoms with Crippen LogP contribution in [0.4, 0.5) is 5.95 Å². The molecule has 1 unspecified atom stereocenters. The molecule has 4 aromatic rings. The molecule has 1 amide bonds. The Bertz CT molecular complexity index is 1610. The van der Waals surface area contributed by atoms with Crippen molar-refractivity contribution in [2.24, 2.45) is 0 Å². The van der Waals surface area contributed by atoms with E-state index in [1.807, 2.05) is 26.1 Å². The first-order valence-electron chi connectivity index (χ1n) is 16.7. The molecule has 0 aliphatic carbocycles. The van der Waals surface area contributed by atoms with Crippen LogP contribution in [0.1, 0.15) is 53.6 Å². The fraction of sp³-hybridized carbons (Fsp3) is 0.459. The maximum absolute atomic E-state index is 13.7. The normalized spacial score (nSPS) is 14.5. The Morgan fingerprint density at radius 2 is 1.77 bits per heavy atom. The van der Waals surface area contributed by atoms with Crippen molar-refractivity contribution in [3.8, 4) is 17.2 Å². The summed E-state index contributed by atoms with van der Waals surface area (Å²) in [7, 11) is 6.48. The molecule has 0 saturated carbocycles. The lowest BCUT2D eigenvalue weighted by Gasteiger charge is -2.34. The van der Waals surface area contributed by atoms with Crippen LogP contribution >= 0.6 is 11.6 Å². The topological polar surface area (TPSA) is 101 Å². The SMILES string of the molecule is CCOCCc1cccc2[nH]c(NC3CCN(CCC(CN(C)C(=O)c4cc(OC)c(OC)c(OC)c4)c4ccc(Cl)cc4)CC3)nc12. The number of hydrogen-bond acceptors (Lipinski definition) is 8. The number of carbonyl (C=O) groups excluding carboxylic acids is 1. The molecule has 1 saturated heterocycles. The summed E-state index contributed by atoms with van der Waals surface area (Å²) in [6.45, 7) is 6.89. The van der Waals surface area contributed by atoms with Gasteiger partial charge < -0.3 is 39.0 Å². The molecule has 1 fully saturated rings. The monoisotopic (exact) mass is 677 g/mol. The van der Waals surface area contributed by atoms with Crippen molar-refractivity contribution in [3.63, 3.8) is 0 Å². The van der Waals surface area contributed by atoms with Gasteiger partial charge in [-0.3, -0.25) is 4.79 Å². The fourth-order valence-corrected chi connectivity index (χ4v) is 6.58. The second kappa shape index (κ2) is 16.9. The van der Waals surface area contributed by atoms with E-state index in [4.69, 9.17) is 35.5 Å². The zero-order valence-corrected chi connectivity index (χ0v) is 29.4. The molecule has 3 aromatic carbocycles. The van der Waals surface area contributed by atoms with E-state index in [2.05, 4.69) is 45.5 Å². The molecular formula is C37H48ClN5O5. The number of anilines is 1. The van der Waals surface area contributed by atoms with E-state index in [1.165, 1.54) is 5.56 Å². The molecule has 5 rings (SSSR count). The van der Waals surface area contributed by atoms with Gasteiger partial charge in [0.15, 0.2) is 11.5 Å². The van der Waals surface area contributed by atoms with Crippen LogP contribution in [0, 0.1) is 0 Å². The van der Waals surface area contributed by atoms with Crippen molar-refractivity contribution >= 4 is 34.5 Å². The molecule has 1 aliphatic rings. The smallest absolute Gasteiger partial charge is 0.253 e. The minimum Gasteiger partial charge on any atom is -0.493 e. The van der Waals surface area contributed by atoms with E-state index in [-0.39, 0.29) is 11.8 Å².